The van der Waals surface area contributed by atoms with Crippen LogP contribution in [0.2, 0.25) is 0 Å². The number of amides is 2. The van der Waals surface area contributed by atoms with Crippen LogP contribution in [0.3, 0.4) is 0 Å². The zero-order valence-electron chi connectivity index (χ0n) is 20.8. The maximum absolute atomic E-state index is 14.7. The van der Waals surface area contributed by atoms with Gasteiger partial charge in [-0.15, -0.1) is 0 Å². The fourth-order valence-electron chi connectivity index (χ4n) is 6.38. The number of hydrogen-bond donors (Lipinski definition) is 1. The highest BCUT2D eigenvalue weighted by Crippen LogP contribution is 2.56. The molecule has 0 aromatic heterocycles. The van der Waals surface area contributed by atoms with E-state index >= 15 is 0 Å². The van der Waals surface area contributed by atoms with Crippen molar-refractivity contribution in [3.63, 3.8) is 0 Å². The maximum atomic E-state index is 14.7. The molecule has 0 bridgehead atoms. The topological polar surface area (TPSA) is 74.1 Å². The average molecular weight is 485 g/mol. The van der Waals surface area contributed by atoms with Crippen molar-refractivity contribution in [1.29, 1.82) is 0 Å². The Bertz CT molecular complexity index is 1050. The Kier molecular flexibility index (Phi) is 6.93. The van der Waals surface area contributed by atoms with E-state index in [0.29, 0.717) is 19.5 Å². The van der Waals surface area contributed by atoms with Crippen LogP contribution < -0.4 is 5.32 Å². The van der Waals surface area contributed by atoms with Gasteiger partial charge in [0.05, 0.1) is 16.7 Å². The van der Waals surface area contributed by atoms with Crippen molar-refractivity contribution in [1.82, 2.24) is 10.2 Å². The molecular weight excluding hydrogens is 450 g/mol. The molecule has 6 nitrogen and oxygen atoms in total. The van der Waals surface area contributed by atoms with Gasteiger partial charge in [-0.25, -0.2) is 8.78 Å². The van der Waals surface area contributed by atoms with Gasteiger partial charge in [0.1, 0.15) is 11.6 Å². The summed E-state index contributed by atoms with van der Waals surface area (Å²) in [6.07, 6.45) is 4.46. The number of azo groups is 1. The van der Waals surface area contributed by atoms with Gasteiger partial charge in [-0.05, 0) is 54.6 Å². The number of carbonyl (C=O) groups is 2. The summed E-state index contributed by atoms with van der Waals surface area (Å²) >= 11 is 0. The summed E-state index contributed by atoms with van der Waals surface area (Å²) < 4.78 is 29.4. The van der Waals surface area contributed by atoms with Gasteiger partial charge in [0, 0.05) is 32.3 Å². The first kappa shape index (κ1) is 25.2. The second kappa shape index (κ2) is 9.63. The molecule has 3 aliphatic rings. The summed E-state index contributed by atoms with van der Waals surface area (Å²) in [6, 6.07) is 3.68. The smallest absolute Gasteiger partial charge is 0.229 e. The molecule has 188 valence electrons. The number of carbonyl (C=O) groups excluding carboxylic acids is 2. The lowest BCUT2D eigenvalue weighted by Gasteiger charge is -2.36. The summed E-state index contributed by atoms with van der Waals surface area (Å²) in [7, 11) is 1.64. The molecule has 2 saturated carbocycles. The van der Waals surface area contributed by atoms with Crippen LogP contribution in [0.4, 0.5) is 8.78 Å². The molecule has 1 saturated heterocycles. The summed E-state index contributed by atoms with van der Waals surface area (Å²) in [6.45, 7) is 10.8. The molecule has 1 N–H and O–H groups in total. The highest BCUT2D eigenvalue weighted by atomic mass is 19.1. The van der Waals surface area contributed by atoms with Crippen LogP contribution in [0.25, 0.3) is 5.70 Å². The molecule has 2 amide bonds. The lowest BCUT2D eigenvalue weighted by atomic mass is 9.72. The largest absolute Gasteiger partial charge is 0.359 e. The van der Waals surface area contributed by atoms with Gasteiger partial charge in [-0.2, -0.15) is 10.2 Å². The van der Waals surface area contributed by atoms with Gasteiger partial charge in [0.2, 0.25) is 11.8 Å². The minimum Gasteiger partial charge on any atom is -0.359 e. The SMILES string of the molecule is C=CN=N/C(=C\C1[C@H](C(C)C)CC[C@]1(C)C(=O)N1C[C@@H]2C(C(=O)NC)[C@@H]2C1)c1c(F)cccc1F. The molecule has 6 atom stereocenters. The van der Waals surface area contributed by atoms with Crippen LogP contribution in [0.1, 0.15) is 39.2 Å². The fourth-order valence-corrected chi connectivity index (χ4v) is 6.38. The van der Waals surface area contributed by atoms with Crippen LogP contribution in [-0.2, 0) is 9.59 Å². The highest BCUT2D eigenvalue weighted by molar-refractivity contribution is 5.86. The van der Waals surface area contributed by atoms with Crippen molar-refractivity contribution in [3.05, 3.63) is 54.3 Å². The number of nitrogens with zero attached hydrogens (tertiary/aromatic N) is 3. The first-order valence-corrected chi connectivity index (χ1v) is 12.3. The number of allylic oxidation sites excluding steroid dienone is 1. The molecule has 8 heteroatoms. The van der Waals surface area contributed by atoms with Crippen molar-refractivity contribution >= 4 is 17.5 Å². The Morgan fingerprint density at radius 1 is 1.23 bits per heavy atom. The lowest BCUT2D eigenvalue weighted by Crippen LogP contribution is -2.45. The third-order valence-electron chi connectivity index (χ3n) is 8.37. The molecule has 2 unspecified atom stereocenters. The number of benzene rings is 1. The minimum absolute atomic E-state index is 0.00510. The number of likely N-dealkylation sites (tertiary alicyclic amines) is 1. The predicted molar refractivity (Wildman–Crippen MR) is 130 cm³/mol. The number of fused-ring (bicyclic) bond motifs is 1. The molecule has 3 fully saturated rings. The third-order valence-corrected chi connectivity index (χ3v) is 8.37. The second-order valence-electron chi connectivity index (χ2n) is 10.6. The molecule has 2 aliphatic carbocycles. The molecule has 1 aromatic rings. The molecule has 0 radical (unpaired) electrons. The summed E-state index contributed by atoms with van der Waals surface area (Å²) in [5.41, 5.74) is -0.926. The third kappa shape index (κ3) is 4.43. The second-order valence-corrected chi connectivity index (χ2v) is 10.6. The zero-order chi connectivity index (χ0) is 25.5. The Balaban J connectivity index is 1.68. The van der Waals surface area contributed by atoms with Crippen LogP contribution in [-0.4, -0.2) is 36.9 Å². The lowest BCUT2D eigenvalue weighted by molar-refractivity contribution is -0.143. The van der Waals surface area contributed by atoms with Crippen molar-refractivity contribution in [3.8, 4) is 0 Å². The standard InChI is InChI=1S/C27H34F2N4O2/c1-6-31-32-22(24-20(28)8-7-9-21(24)29)12-19-16(15(2)3)10-11-27(19,4)26(35)33-13-17-18(14-33)23(17)25(34)30-5/h6-9,12,15-19,23H,1,10-11,13-14H2,2-5H3,(H,30,34)/b22-12-,32-31?/t16-,17-,18+,19?,23?,27-/m0/s1. The van der Waals surface area contributed by atoms with Gasteiger partial charge >= 0.3 is 0 Å². The number of rotatable bonds is 7. The van der Waals surface area contributed by atoms with E-state index < -0.39 is 17.0 Å². The molecule has 0 spiro atoms. The van der Waals surface area contributed by atoms with Crippen LogP contribution in [0.5, 0.6) is 0 Å². The molecular formula is C27H34F2N4O2. The molecule has 1 aliphatic heterocycles. The van der Waals surface area contributed by atoms with Crippen LogP contribution in [0.15, 0.2) is 47.3 Å². The minimum atomic E-state index is -0.745. The van der Waals surface area contributed by atoms with Crippen molar-refractivity contribution < 1.29 is 18.4 Å². The van der Waals surface area contributed by atoms with Crippen molar-refractivity contribution in [2.24, 2.45) is 51.2 Å². The number of nitrogens with one attached hydrogen (secondary N) is 1. The first-order valence-electron chi connectivity index (χ1n) is 12.3. The van der Waals surface area contributed by atoms with E-state index in [2.05, 4.69) is 36.0 Å². The van der Waals surface area contributed by atoms with Gasteiger partial charge in [-0.1, -0.05) is 39.5 Å². The van der Waals surface area contributed by atoms with Gasteiger partial charge < -0.3 is 10.2 Å². The maximum Gasteiger partial charge on any atom is 0.229 e. The quantitative estimate of drug-likeness (QED) is 0.551. The molecule has 4 rings (SSSR count). The van der Waals surface area contributed by atoms with Gasteiger partial charge in [0.25, 0.3) is 0 Å². The van der Waals surface area contributed by atoms with Crippen molar-refractivity contribution in [2.45, 2.75) is 33.6 Å². The molecule has 1 aromatic carbocycles. The Labute approximate surface area is 205 Å². The first-order chi connectivity index (χ1) is 16.6. The van der Waals surface area contributed by atoms with Gasteiger partial charge in [-0.3, -0.25) is 9.59 Å². The average Bonchev–Trinajstić information content (AvgIpc) is 3.13. The van der Waals surface area contributed by atoms with E-state index in [-0.39, 0.29) is 58.6 Å². The van der Waals surface area contributed by atoms with E-state index in [1.54, 1.807) is 13.1 Å². The Morgan fingerprint density at radius 3 is 2.40 bits per heavy atom. The summed E-state index contributed by atoms with van der Waals surface area (Å²) in [4.78, 5) is 27.8. The molecule has 35 heavy (non-hydrogen) atoms. The normalized spacial score (nSPS) is 32.3. The summed E-state index contributed by atoms with van der Waals surface area (Å²) in [5, 5.41) is 10.6. The van der Waals surface area contributed by atoms with Crippen LogP contribution >= 0.6 is 0 Å². The van der Waals surface area contributed by atoms with Crippen LogP contribution in [0, 0.1) is 52.6 Å². The number of hydrogen-bond acceptors (Lipinski definition) is 4. The summed E-state index contributed by atoms with van der Waals surface area (Å²) in [5.74, 6) is -0.831. The number of halogens is 2. The van der Waals surface area contributed by atoms with E-state index in [4.69, 9.17) is 0 Å². The molecule has 1 heterocycles. The van der Waals surface area contributed by atoms with Gasteiger partial charge in [0.15, 0.2) is 0 Å². The van der Waals surface area contributed by atoms with Crippen molar-refractivity contribution in [2.75, 3.05) is 20.1 Å². The Morgan fingerprint density at radius 2 is 1.86 bits per heavy atom. The van der Waals surface area contributed by atoms with E-state index in [1.807, 2.05) is 11.8 Å². The number of piperidine rings is 1. The van der Waals surface area contributed by atoms with E-state index in [9.17, 15) is 18.4 Å². The highest BCUT2D eigenvalue weighted by Gasteiger charge is 2.62. The monoisotopic (exact) mass is 484 g/mol. The fraction of sp³-hybridized carbons (Fsp3) is 0.556. The van der Waals surface area contributed by atoms with E-state index in [1.165, 1.54) is 24.4 Å². The Hall–Kier alpha value is -2.90. The predicted octanol–water partition coefficient (Wildman–Crippen LogP) is 5.04. The zero-order valence-corrected chi connectivity index (χ0v) is 20.8. The van der Waals surface area contributed by atoms with E-state index in [0.717, 1.165) is 6.42 Å².